The number of ether oxygens (including phenoxy) is 1. The number of nitrogens with zero attached hydrogens (tertiary/aromatic N) is 3. The average molecular weight is 418 g/mol. The number of carbonyl (C=O) groups is 2. The minimum Gasteiger partial charge on any atom is -0.378 e. The molecular formula is C21H24FN3O3S. The number of morpholine rings is 1. The van der Waals surface area contributed by atoms with E-state index in [-0.39, 0.29) is 30.0 Å². The van der Waals surface area contributed by atoms with E-state index in [1.807, 2.05) is 10.3 Å². The van der Waals surface area contributed by atoms with Crippen LogP contribution in [0.2, 0.25) is 0 Å². The van der Waals surface area contributed by atoms with Crippen LogP contribution >= 0.6 is 11.3 Å². The van der Waals surface area contributed by atoms with Crippen molar-refractivity contribution in [2.45, 2.75) is 19.3 Å². The second-order valence-corrected chi connectivity index (χ2v) is 8.31. The predicted octanol–water partition coefficient (Wildman–Crippen LogP) is 2.59. The van der Waals surface area contributed by atoms with Crippen molar-refractivity contribution >= 4 is 23.2 Å². The maximum atomic E-state index is 13.4. The third-order valence-electron chi connectivity index (χ3n) is 5.40. The molecule has 154 valence electrons. The van der Waals surface area contributed by atoms with Gasteiger partial charge in [-0.15, -0.1) is 11.3 Å². The van der Waals surface area contributed by atoms with Crippen LogP contribution in [0.25, 0.3) is 10.6 Å². The van der Waals surface area contributed by atoms with Gasteiger partial charge in [-0.1, -0.05) is 12.1 Å². The molecule has 29 heavy (non-hydrogen) atoms. The summed E-state index contributed by atoms with van der Waals surface area (Å²) in [7, 11) is 0. The lowest BCUT2D eigenvalue weighted by Gasteiger charge is -2.36. The van der Waals surface area contributed by atoms with Crippen molar-refractivity contribution in [2.24, 2.45) is 5.92 Å². The minimum absolute atomic E-state index is 0.0134. The summed E-state index contributed by atoms with van der Waals surface area (Å²) in [5, 5.41) is 2.55. The third-order valence-corrected chi connectivity index (χ3v) is 6.34. The van der Waals surface area contributed by atoms with Crippen molar-refractivity contribution in [3.63, 3.8) is 0 Å². The summed E-state index contributed by atoms with van der Waals surface area (Å²) in [5.74, 6) is -0.322. The van der Waals surface area contributed by atoms with E-state index in [0.717, 1.165) is 12.8 Å². The first-order valence-corrected chi connectivity index (χ1v) is 10.8. The monoisotopic (exact) mass is 417 g/mol. The molecule has 0 aliphatic carbocycles. The smallest absolute Gasteiger partial charge is 0.228 e. The lowest BCUT2D eigenvalue weighted by Crippen LogP contribution is -2.49. The number of hydrogen-bond donors (Lipinski definition) is 0. The molecule has 2 aromatic rings. The van der Waals surface area contributed by atoms with Gasteiger partial charge < -0.3 is 14.5 Å². The number of hydrogen-bond acceptors (Lipinski definition) is 5. The fourth-order valence-corrected chi connectivity index (χ4v) is 4.67. The van der Waals surface area contributed by atoms with Gasteiger partial charge in [-0.3, -0.25) is 9.59 Å². The normalized spacial score (nSPS) is 20.0. The zero-order valence-corrected chi connectivity index (χ0v) is 17.0. The Kier molecular flexibility index (Phi) is 6.20. The Hall–Kier alpha value is -2.32. The van der Waals surface area contributed by atoms with E-state index < -0.39 is 0 Å². The van der Waals surface area contributed by atoms with E-state index in [9.17, 15) is 14.0 Å². The number of aromatic nitrogens is 1. The molecule has 4 rings (SSSR count). The Morgan fingerprint density at radius 3 is 2.83 bits per heavy atom. The minimum atomic E-state index is -0.306. The second kappa shape index (κ2) is 9.00. The number of benzene rings is 1. The lowest BCUT2D eigenvalue weighted by molar-refractivity contribution is -0.143. The highest BCUT2D eigenvalue weighted by Gasteiger charge is 2.32. The standard InChI is InChI=1S/C21H24FN3O3S/c22-17-5-1-3-15(11-17)20-23-18(14-29-20)12-19(26)25-6-2-4-16(13-25)21(27)24-7-9-28-10-8-24/h1,3,5,11,14,16H,2,4,6-10,12-13H2. The molecule has 2 amide bonds. The van der Waals surface area contributed by atoms with Crippen LogP contribution in [0.15, 0.2) is 29.6 Å². The van der Waals surface area contributed by atoms with Crippen molar-refractivity contribution in [1.29, 1.82) is 0 Å². The summed E-state index contributed by atoms with van der Waals surface area (Å²) in [5.41, 5.74) is 1.39. The SMILES string of the molecule is O=C(Cc1csc(-c2cccc(F)c2)n1)N1CCCC(C(=O)N2CCOCC2)C1. The third kappa shape index (κ3) is 4.82. The molecule has 8 heteroatoms. The zero-order chi connectivity index (χ0) is 20.2. The lowest BCUT2D eigenvalue weighted by atomic mass is 9.96. The number of amides is 2. The van der Waals surface area contributed by atoms with Gasteiger partial charge in [0.2, 0.25) is 11.8 Å². The number of piperidine rings is 1. The number of rotatable bonds is 4. The summed E-state index contributed by atoms with van der Waals surface area (Å²) < 4.78 is 18.7. The Bertz CT molecular complexity index is 882. The summed E-state index contributed by atoms with van der Waals surface area (Å²) >= 11 is 1.40. The topological polar surface area (TPSA) is 62.7 Å². The maximum absolute atomic E-state index is 13.4. The van der Waals surface area contributed by atoms with Gasteiger partial charge in [0.1, 0.15) is 10.8 Å². The van der Waals surface area contributed by atoms with Gasteiger partial charge in [-0.2, -0.15) is 0 Å². The quantitative estimate of drug-likeness (QED) is 0.767. The van der Waals surface area contributed by atoms with Crippen molar-refractivity contribution in [2.75, 3.05) is 39.4 Å². The number of halogens is 1. The van der Waals surface area contributed by atoms with Gasteiger partial charge in [-0.25, -0.2) is 9.37 Å². The Morgan fingerprint density at radius 2 is 2.03 bits per heavy atom. The number of carbonyl (C=O) groups excluding carboxylic acids is 2. The van der Waals surface area contributed by atoms with Crippen LogP contribution in [0, 0.1) is 11.7 Å². The highest BCUT2D eigenvalue weighted by Crippen LogP contribution is 2.25. The van der Waals surface area contributed by atoms with Crippen LogP contribution in [-0.2, 0) is 20.7 Å². The van der Waals surface area contributed by atoms with Crippen molar-refractivity contribution in [3.8, 4) is 10.6 Å². The van der Waals surface area contributed by atoms with Crippen molar-refractivity contribution in [1.82, 2.24) is 14.8 Å². The highest BCUT2D eigenvalue weighted by molar-refractivity contribution is 7.13. The first kappa shape index (κ1) is 20.0. The molecule has 0 saturated carbocycles. The largest absolute Gasteiger partial charge is 0.378 e. The van der Waals surface area contributed by atoms with Gasteiger partial charge in [0.25, 0.3) is 0 Å². The van der Waals surface area contributed by atoms with E-state index in [0.29, 0.717) is 55.7 Å². The average Bonchev–Trinajstić information content (AvgIpc) is 3.22. The molecule has 0 spiro atoms. The van der Waals surface area contributed by atoms with Gasteiger partial charge in [0.05, 0.1) is 31.2 Å². The molecule has 2 aliphatic rings. The van der Waals surface area contributed by atoms with Crippen molar-refractivity contribution < 1.29 is 18.7 Å². The van der Waals surface area contributed by atoms with Gasteiger partial charge in [-0.05, 0) is 25.0 Å². The van der Waals surface area contributed by atoms with Crippen LogP contribution in [-0.4, -0.2) is 66.0 Å². The molecule has 0 radical (unpaired) electrons. The molecule has 0 N–H and O–H groups in total. The molecule has 3 heterocycles. The van der Waals surface area contributed by atoms with E-state index >= 15 is 0 Å². The molecule has 2 aliphatic heterocycles. The second-order valence-electron chi connectivity index (χ2n) is 7.45. The molecule has 1 aromatic carbocycles. The molecule has 2 fully saturated rings. The van der Waals surface area contributed by atoms with E-state index in [4.69, 9.17) is 4.74 Å². The summed E-state index contributed by atoms with van der Waals surface area (Å²) in [4.78, 5) is 33.7. The summed E-state index contributed by atoms with van der Waals surface area (Å²) in [6, 6.07) is 6.29. The molecule has 2 saturated heterocycles. The molecular weight excluding hydrogens is 393 g/mol. The van der Waals surface area contributed by atoms with Crippen LogP contribution in [0.3, 0.4) is 0 Å². The zero-order valence-electron chi connectivity index (χ0n) is 16.2. The Labute approximate surface area is 173 Å². The molecule has 1 aromatic heterocycles. The van der Waals surface area contributed by atoms with Crippen LogP contribution in [0.4, 0.5) is 4.39 Å². The first-order valence-electron chi connectivity index (χ1n) is 9.95. The van der Waals surface area contributed by atoms with E-state index in [1.165, 1.54) is 23.5 Å². The molecule has 6 nitrogen and oxygen atoms in total. The van der Waals surface area contributed by atoms with Crippen LogP contribution in [0.1, 0.15) is 18.5 Å². The van der Waals surface area contributed by atoms with Gasteiger partial charge >= 0.3 is 0 Å². The van der Waals surface area contributed by atoms with Crippen LogP contribution in [0.5, 0.6) is 0 Å². The first-order chi connectivity index (χ1) is 14.1. The highest BCUT2D eigenvalue weighted by atomic mass is 32.1. The number of likely N-dealkylation sites (tertiary alicyclic amines) is 1. The Morgan fingerprint density at radius 1 is 1.21 bits per heavy atom. The summed E-state index contributed by atoms with van der Waals surface area (Å²) in [6.45, 7) is 3.57. The molecule has 1 atom stereocenters. The molecule has 0 bridgehead atoms. The molecule has 1 unspecified atom stereocenters. The Balaban J connectivity index is 1.36. The fraction of sp³-hybridized carbons (Fsp3) is 0.476. The van der Waals surface area contributed by atoms with Crippen molar-refractivity contribution in [3.05, 3.63) is 41.2 Å². The van der Waals surface area contributed by atoms with E-state index in [1.54, 1.807) is 17.0 Å². The fourth-order valence-electron chi connectivity index (χ4n) is 3.86. The number of thiazole rings is 1. The predicted molar refractivity (Wildman–Crippen MR) is 108 cm³/mol. The maximum Gasteiger partial charge on any atom is 0.228 e. The van der Waals surface area contributed by atoms with Gasteiger partial charge in [0.15, 0.2) is 0 Å². The van der Waals surface area contributed by atoms with Gasteiger partial charge in [0, 0.05) is 37.1 Å². The van der Waals surface area contributed by atoms with Crippen LogP contribution < -0.4 is 0 Å². The van der Waals surface area contributed by atoms with E-state index in [2.05, 4.69) is 4.98 Å². The summed E-state index contributed by atoms with van der Waals surface area (Å²) in [6.07, 6.45) is 1.85.